The topological polar surface area (TPSA) is 55.6 Å². The van der Waals surface area contributed by atoms with Crippen LogP contribution in [0.2, 0.25) is 0 Å². The van der Waals surface area contributed by atoms with Crippen LogP contribution in [0.4, 0.5) is 0 Å². The van der Waals surface area contributed by atoms with E-state index in [4.69, 9.17) is 10.5 Å². The predicted octanol–water partition coefficient (Wildman–Crippen LogP) is 2.56. The van der Waals surface area contributed by atoms with Crippen molar-refractivity contribution in [2.24, 2.45) is 17.6 Å². The third-order valence-electron chi connectivity index (χ3n) is 4.89. The van der Waals surface area contributed by atoms with E-state index >= 15 is 0 Å². The molecule has 122 valence electrons. The minimum atomic E-state index is -0.372. The number of carbonyl (C=O) groups is 1. The van der Waals surface area contributed by atoms with Gasteiger partial charge >= 0.3 is 5.97 Å². The van der Waals surface area contributed by atoms with Gasteiger partial charge in [-0.25, -0.2) is 0 Å². The SMILES string of the molecule is CC(C)(C)OC(=O)C1CCCC(N2CCC(CN)CC2)C1. The van der Waals surface area contributed by atoms with Crippen molar-refractivity contribution < 1.29 is 9.53 Å². The lowest BCUT2D eigenvalue weighted by Crippen LogP contribution is -2.46. The quantitative estimate of drug-likeness (QED) is 0.813. The summed E-state index contributed by atoms with van der Waals surface area (Å²) in [5.41, 5.74) is 5.40. The second-order valence-electron chi connectivity index (χ2n) is 7.77. The Morgan fingerprint density at radius 1 is 1.19 bits per heavy atom. The van der Waals surface area contributed by atoms with E-state index in [0.717, 1.165) is 38.9 Å². The second kappa shape index (κ2) is 7.10. The molecule has 0 aromatic carbocycles. The molecule has 1 saturated carbocycles. The normalized spacial score (nSPS) is 29.3. The monoisotopic (exact) mass is 296 g/mol. The maximum absolute atomic E-state index is 12.3. The Balaban J connectivity index is 1.85. The second-order valence-corrected chi connectivity index (χ2v) is 7.77. The van der Waals surface area contributed by atoms with Gasteiger partial charge in [0.15, 0.2) is 0 Å². The summed E-state index contributed by atoms with van der Waals surface area (Å²) in [5, 5.41) is 0. The van der Waals surface area contributed by atoms with E-state index in [1.807, 2.05) is 20.8 Å². The van der Waals surface area contributed by atoms with Crippen molar-refractivity contribution in [1.82, 2.24) is 4.90 Å². The molecule has 2 unspecified atom stereocenters. The molecule has 2 fully saturated rings. The van der Waals surface area contributed by atoms with Crippen LogP contribution in [0.25, 0.3) is 0 Å². The summed E-state index contributed by atoms with van der Waals surface area (Å²) in [7, 11) is 0. The van der Waals surface area contributed by atoms with Gasteiger partial charge in [-0.05, 0) is 78.4 Å². The van der Waals surface area contributed by atoms with Crippen LogP contribution in [0.3, 0.4) is 0 Å². The van der Waals surface area contributed by atoms with Crippen molar-refractivity contribution in [3.8, 4) is 0 Å². The number of carbonyl (C=O) groups excluding carboxylic acids is 1. The van der Waals surface area contributed by atoms with Crippen molar-refractivity contribution in [2.45, 2.75) is 70.9 Å². The van der Waals surface area contributed by atoms with Crippen LogP contribution in [0.1, 0.15) is 59.3 Å². The molecule has 2 aliphatic rings. The molecule has 0 amide bonds. The Labute approximate surface area is 129 Å². The van der Waals surface area contributed by atoms with Crippen molar-refractivity contribution in [3.63, 3.8) is 0 Å². The molecular weight excluding hydrogens is 264 g/mol. The van der Waals surface area contributed by atoms with Gasteiger partial charge in [-0.3, -0.25) is 4.79 Å². The molecule has 4 heteroatoms. The van der Waals surface area contributed by atoms with Gasteiger partial charge < -0.3 is 15.4 Å². The first kappa shape index (κ1) is 16.8. The van der Waals surface area contributed by atoms with Crippen molar-refractivity contribution in [3.05, 3.63) is 0 Å². The smallest absolute Gasteiger partial charge is 0.309 e. The zero-order valence-corrected chi connectivity index (χ0v) is 13.9. The minimum Gasteiger partial charge on any atom is -0.460 e. The predicted molar refractivity (Wildman–Crippen MR) is 84.9 cm³/mol. The Bertz CT molecular complexity index is 343. The van der Waals surface area contributed by atoms with Gasteiger partial charge in [0.1, 0.15) is 5.60 Å². The van der Waals surface area contributed by atoms with Crippen LogP contribution in [0, 0.1) is 11.8 Å². The highest BCUT2D eigenvalue weighted by Crippen LogP contribution is 2.31. The van der Waals surface area contributed by atoms with Crippen LogP contribution in [0.15, 0.2) is 0 Å². The van der Waals surface area contributed by atoms with Gasteiger partial charge in [0.25, 0.3) is 0 Å². The first-order chi connectivity index (χ1) is 9.89. The molecule has 0 aromatic rings. The zero-order chi connectivity index (χ0) is 15.5. The van der Waals surface area contributed by atoms with Crippen LogP contribution in [0.5, 0.6) is 0 Å². The summed E-state index contributed by atoms with van der Waals surface area (Å²) in [6.45, 7) is 8.95. The third kappa shape index (κ3) is 4.96. The van der Waals surface area contributed by atoms with Crippen LogP contribution < -0.4 is 5.73 Å². The maximum atomic E-state index is 12.3. The number of esters is 1. The molecular formula is C17H32N2O2. The number of rotatable bonds is 3. The summed E-state index contributed by atoms with van der Waals surface area (Å²) in [5.74, 6) is 0.797. The highest BCUT2D eigenvalue weighted by atomic mass is 16.6. The van der Waals surface area contributed by atoms with Crippen LogP contribution >= 0.6 is 0 Å². The van der Waals surface area contributed by atoms with E-state index in [1.165, 1.54) is 19.3 Å². The van der Waals surface area contributed by atoms with Gasteiger partial charge in [0.05, 0.1) is 5.92 Å². The van der Waals surface area contributed by atoms with Crippen molar-refractivity contribution >= 4 is 5.97 Å². The highest BCUT2D eigenvalue weighted by Gasteiger charge is 2.34. The number of ether oxygens (including phenoxy) is 1. The van der Waals surface area contributed by atoms with E-state index in [9.17, 15) is 4.79 Å². The number of nitrogens with two attached hydrogens (primary N) is 1. The van der Waals surface area contributed by atoms with Gasteiger partial charge in [0, 0.05) is 6.04 Å². The molecule has 1 saturated heterocycles. The molecule has 1 heterocycles. The number of likely N-dealkylation sites (tertiary alicyclic amines) is 1. The molecule has 0 spiro atoms. The first-order valence-electron chi connectivity index (χ1n) is 8.56. The fourth-order valence-corrected chi connectivity index (χ4v) is 3.65. The molecule has 2 atom stereocenters. The molecule has 2 N–H and O–H groups in total. The number of hydrogen-bond donors (Lipinski definition) is 1. The number of piperidine rings is 1. The van der Waals surface area contributed by atoms with Crippen LogP contribution in [-0.2, 0) is 9.53 Å². The van der Waals surface area contributed by atoms with Gasteiger partial charge in [-0.1, -0.05) is 6.42 Å². The lowest BCUT2D eigenvalue weighted by Gasteiger charge is -2.41. The van der Waals surface area contributed by atoms with Gasteiger partial charge in [-0.2, -0.15) is 0 Å². The number of hydrogen-bond acceptors (Lipinski definition) is 4. The van der Waals surface area contributed by atoms with E-state index in [2.05, 4.69) is 4.90 Å². The summed E-state index contributed by atoms with van der Waals surface area (Å²) >= 11 is 0. The summed E-state index contributed by atoms with van der Waals surface area (Å²) in [6.07, 6.45) is 6.76. The molecule has 21 heavy (non-hydrogen) atoms. The summed E-state index contributed by atoms with van der Waals surface area (Å²) < 4.78 is 5.57. The van der Waals surface area contributed by atoms with Crippen molar-refractivity contribution in [1.29, 1.82) is 0 Å². The highest BCUT2D eigenvalue weighted by molar-refractivity contribution is 5.73. The van der Waals surface area contributed by atoms with E-state index in [0.29, 0.717) is 12.0 Å². The van der Waals surface area contributed by atoms with E-state index in [1.54, 1.807) is 0 Å². The molecule has 0 bridgehead atoms. The first-order valence-corrected chi connectivity index (χ1v) is 8.56. The van der Waals surface area contributed by atoms with E-state index < -0.39 is 0 Å². The summed E-state index contributed by atoms with van der Waals surface area (Å²) in [4.78, 5) is 14.9. The molecule has 2 rings (SSSR count). The zero-order valence-electron chi connectivity index (χ0n) is 13.9. The van der Waals surface area contributed by atoms with E-state index in [-0.39, 0.29) is 17.5 Å². The minimum absolute atomic E-state index is 0.00374. The average Bonchev–Trinajstić information content (AvgIpc) is 2.46. The van der Waals surface area contributed by atoms with Gasteiger partial charge in [0.2, 0.25) is 0 Å². The van der Waals surface area contributed by atoms with Gasteiger partial charge in [-0.15, -0.1) is 0 Å². The fraction of sp³-hybridized carbons (Fsp3) is 0.941. The Morgan fingerprint density at radius 2 is 1.86 bits per heavy atom. The fourth-order valence-electron chi connectivity index (χ4n) is 3.65. The molecule has 4 nitrogen and oxygen atoms in total. The van der Waals surface area contributed by atoms with Crippen molar-refractivity contribution in [2.75, 3.05) is 19.6 Å². The number of nitrogens with zero attached hydrogens (tertiary/aromatic N) is 1. The lowest BCUT2D eigenvalue weighted by atomic mass is 9.83. The lowest BCUT2D eigenvalue weighted by molar-refractivity contribution is -0.162. The molecule has 0 radical (unpaired) electrons. The molecule has 1 aliphatic carbocycles. The molecule has 1 aliphatic heterocycles. The Kier molecular flexibility index (Phi) is 5.67. The Morgan fingerprint density at radius 3 is 2.43 bits per heavy atom. The maximum Gasteiger partial charge on any atom is 0.309 e. The average molecular weight is 296 g/mol. The summed E-state index contributed by atoms with van der Waals surface area (Å²) in [6, 6.07) is 0.565. The van der Waals surface area contributed by atoms with Crippen LogP contribution in [-0.4, -0.2) is 42.1 Å². The third-order valence-corrected chi connectivity index (χ3v) is 4.89. The Hall–Kier alpha value is -0.610. The standard InChI is InChI=1S/C17H32N2O2/c1-17(2,3)21-16(20)14-5-4-6-15(11-14)19-9-7-13(12-18)8-10-19/h13-15H,4-12,18H2,1-3H3. The largest absolute Gasteiger partial charge is 0.460 e. The molecule has 0 aromatic heterocycles.